The zero-order valence-electron chi connectivity index (χ0n) is 16.1. The Kier molecular flexibility index (Phi) is 5.83. The fraction of sp³-hybridized carbons (Fsp3) is 0.476. The molecule has 1 saturated heterocycles. The van der Waals surface area contributed by atoms with Crippen LogP contribution in [0, 0.1) is 6.92 Å². The SMILES string of the molecule is Cc1ccc(CN(Cc2ccc3c(c2)OCO3)C(=O)CNCC2CCCO2)o1. The van der Waals surface area contributed by atoms with Crippen LogP contribution in [0.4, 0.5) is 0 Å². The van der Waals surface area contributed by atoms with Gasteiger partial charge in [0.05, 0.1) is 19.2 Å². The molecule has 1 atom stereocenters. The van der Waals surface area contributed by atoms with Gasteiger partial charge in [-0.3, -0.25) is 4.79 Å². The van der Waals surface area contributed by atoms with E-state index < -0.39 is 0 Å². The molecular weight excluding hydrogens is 360 g/mol. The second-order valence-electron chi connectivity index (χ2n) is 7.22. The van der Waals surface area contributed by atoms with Crippen LogP contribution in [0.3, 0.4) is 0 Å². The minimum Gasteiger partial charge on any atom is -0.464 e. The van der Waals surface area contributed by atoms with Crippen molar-refractivity contribution in [2.45, 2.75) is 39.0 Å². The maximum absolute atomic E-state index is 12.9. The largest absolute Gasteiger partial charge is 0.464 e. The molecule has 0 saturated carbocycles. The summed E-state index contributed by atoms with van der Waals surface area (Å²) in [5, 5.41) is 3.23. The second-order valence-corrected chi connectivity index (χ2v) is 7.22. The summed E-state index contributed by atoms with van der Waals surface area (Å²) < 4.78 is 22.1. The van der Waals surface area contributed by atoms with Crippen LogP contribution < -0.4 is 14.8 Å². The number of fused-ring (bicyclic) bond motifs is 1. The highest BCUT2D eigenvalue weighted by Gasteiger charge is 2.20. The predicted molar refractivity (Wildman–Crippen MR) is 102 cm³/mol. The van der Waals surface area contributed by atoms with E-state index in [1.165, 1.54) is 0 Å². The molecule has 3 heterocycles. The summed E-state index contributed by atoms with van der Waals surface area (Å²) in [6.07, 6.45) is 2.35. The predicted octanol–water partition coefficient (Wildman–Crippen LogP) is 2.61. The van der Waals surface area contributed by atoms with Gasteiger partial charge in [-0.25, -0.2) is 0 Å². The van der Waals surface area contributed by atoms with Crippen molar-refractivity contribution < 1.29 is 23.4 Å². The molecule has 1 N–H and O–H groups in total. The van der Waals surface area contributed by atoms with Crippen molar-refractivity contribution in [2.24, 2.45) is 0 Å². The molecule has 0 aliphatic carbocycles. The van der Waals surface area contributed by atoms with Crippen LogP contribution in [-0.2, 0) is 22.6 Å². The molecule has 0 radical (unpaired) electrons. The molecule has 28 heavy (non-hydrogen) atoms. The van der Waals surface area contributed by atoms with Crippen LogP contribution in [0.25, 0.3) is 0 Å². The number of nitrogens with one attached hydrogen (secondary N) is 1. The lowest BCUT2D eigenvalue weighted by molar-refractivity contribution is -0.131. The van der Waals surface area contributed by atoms with Gasteiger partial charge in [0.1, 0.15) is 11.5 Å². The number of carbonyl (C=O) groups excluding carboxylic acids is 1. The molecule has 4 rings (SSSR count). The average molecular weight is 386 g/mol. The standard InChI is InChI=1S/C21H26N2O5/c1-15-4-6-18(28-15)13-23(21(24)11-22-10-17-3-2-8-25-17)12-16-5-7-19-20(9-16)27-14-26-19/h4-7,9,17,22H,2-3,8,10-14H2,1H3. The molecule has 7 heteroatoms. The topological polar surface area (TPSA) is 73.2 Å². The highest BCUT2D eigenvalue weighted by molar-refractivity contribution is 5.78. The Bertz CT molecular complexity index is 813. The Morgan fingerprint density at radius 2 is 2.07 bits per heavy atom. The number of carbonyl (C=O) groups is 1. The third kappa shape index (κ3) is 4.66. The van der Waals surface area contributed by atoms with E-state index in [0.29, 0.717) is 19.6 Å². The van der Waals surface area contributed by atoms with Gasteiger partial charge in [-0.1, -0.05) is 6.07 Å². The zero-order chi connectivity index (χ0) is 19.3. The molecule has 2 aliphatic heterocycles. The minimum atomic E-state index is 0.0183. The molecule has 1 aromatic carbocycles. The Balaban J connectivity index is 1.40. The van der Waals surface area contributed by atoms with Gasteiger partial charge in [0.2, 0.25) is 12.7 Å². The first-order valence-electron chi connectivity index (χ1n) is 9.71. The quantitative estimate of drug-likeness (QED) is 0.752. The number of furan rings is 1. The fourth-order valence-corrected chi connectivity index (χ4v) is 3.51. The molecule has 150 valence electrons. The maximum atomic E-state index is 12.9. The third-order valence-electron chi connectivity index (χ3n) is 4.98. The van der Waals surface area contributed by atoms with Crippen LogP contribution in [0.15, 0.2) is 34.7 Å². The van der Waals surface area contributed by atoms with Gasteiger partial charge in [0, 0.05) is 19.7 Å². The van der Waals surface area contributed by atoms with Gasteiger partial charge in [-0.05, 0) is 49.6 Å². The summed E-state index contributed by atoms with van der Waals surface area (Å²) in [4.78, 5) is 14.7. The molecule has 1 fully saturated rings. The van der Waals surface area contributed by atoms with Crippen molar-refractivity contribution in [3.63, 3.8) is 0 Å². The lowest BCUT2D eigenvalue weighted by atomic mass is 10.2. The molecule has 0 bridgehead atoms. The fourth-order valence-electron chi connectivity index (χ4n) is 3.51. The molecule has 1 amide bonds. The van der Waals surface area contributed by atoms with Crippen molar-refractivity contribution in [1.82, 2.24) is 10.2 Å². The number of amides is 1. The van der Waals surface area contributed by atoms with Crippen LogP contribution in [0.5, 0.6) is 11.5 Å². The number of nitrogens with zero attached hydrogens (tertiary/aromatic N) is 1. The Morgan fingerprint density at radius 1 is 1.18 bits per heavy atom. The van der Waals surface area contributed by atoms with E-state index in [4.69, 9.17) is 18.6 Å². The van der Waals surface area contributed by atoms with Crippen molar-refractivity contribution in [3.05, 3.63) is 47.4 Å². The van der Waals surface area contributed by atoms with E-state index in [-0.39, 0.29) is 25.3 Å². The first kappa shape index (κ1) is 18.8. The molecule has 1 aromatic heterocycles. The minimum absolute atomic E-state index is 0.0183. The Hall–Kier alpha value is -2.51. The van der Waals surface area contributed by atoms with Crippen LogP contribution in [0.1, 0.15) is 29.9 Å². The smallest absolute Gasteiger partial charge is 0.237 e. The van der Waals surface area contributed by atoms with Gasteiger partial charge in [0.15, 0.2) is 11.5 Å². The van der Waals surface area contributed by atoms with E-state index in [2.05, 4.69) is 5.32 Å². The van der Waals surface area contributed by atoms with E-state index in [1.54, 1.807) is 4.90 Å². The summed E-state index contributed by atoms with van der Waals surface area (Å²) in [7, 11) is 0. The summed E-state index contributed by atoms with van der Waals surface area (Å²) in [6, 6.07) is 9.59. The van der Waals surface area contributed by atoms with E-state index in [9.17, 15) is 4.79 Å². The van der Waals surface area contributed by atoms with Crippen LogP contribution in [-0.4, -0.2) is 43.4 Å². The van der Waals surface area contributed by atoms with E-state index in [1.807, 2.05) is 37.3 Å². The molecule has 2 aliphatic rings. The number of benzene rings is 1. The third-order valence-corrected chi connectivity index (χ3v) is 4.98. The molecule has 1 unspecified atom stereocenters. The Labute approximate surface area is 164 Å². The molecule has 0 spiro atoms. The molecular formula is C21H26N2O5. The normalized spacial score (nSPS) is 17.8. The van der Waals surface area contributed by atoms with Crippen molar-refractivity contribution >= 4 is 5.91 Å². The summed E-state index contributed by atoms with van der Waals surface area (Å²) >= 11 is 0. The van der Waals surface area contributed by atoms with E-state index >= 15 is 0 Å². The van der Waals surface area contributed by atoms with Crippen LogP contribution in [0.2, 0.25) is 0 Å². The highest BCUT2D eigenvalue weighted by atomic mass is 16.7. The average Bonchev–Trinajstić information content (AvgIpc) is 3.43. The number of hydrogen-bond acceptors (Lipinski definition) is 6. The van der Waals surface area contributed by atoms with E-state index in [0.717, 1.165) is 48.0 Å². The number of ether oxygens (including phenoxy) is 3. The lowest BCUT2D eigenvalue weighted by Crippen LogP contribution is -2.39. The summed E-state index contributed by atoms with van der Waals surface area (Å²) in [6.45, 7) is 4.80. The summed E-state index contributed by atoms with van der Waals surface area (Å²) in [5.41, 5.74) is 0.986. The van der Waals surface area contributed by atoms with Crippen molar-refractivity contribution in [3.8, 4) is 11.5 Å². The van der Waals surface area contributed by atoms with Crippen molar-refractivity contribution in [1.29, 1.82) is 0 Å². The highest BCUT2D eigenvalue weighted by Crippen LogP contribution is 2.33. The maximum Gasteiger partial charge on any atom is 0.237 e. The van der Waals surface area contributed by atoms with Gasteiger partial charge in [0.25, 0.3) is 0 Å². The first-order chi connectivity index (χ1) is 13.7. The molecule has 2 aromatic rings. The van der Waals surface area contributed by atoms with Gasteiger partial charge in [-0.15, -0.1) is 0 Å². The summed E-state index contributed by atoms with van der Waals surface area (Å²) in [5.74, 6) is 3.08. The number of rotatable bonds is 8. The first-order valence-corrected chi connectivity index (χ1v) is 9.71. The molecule has 7 nitrogen and oxygen atoms in total. The zero-order valence-corrected chi connectivity index (χ0v) is 16.1. The monoisotopic (exact) mass is 386 g/mol. The van der Waals surface area contributed by atoms with Crippen molar-refractivity contribution in [2.75, 3.05) is 26.5 Å². The van der Waals surface area contributed by atoms with Gasteiger partial charge >= 0.3 is 0 Å². The lowest BCUT2D eigenvalue weighted by Gasteiger charge is -2.23. The Morgan fingerprint density at radius 3 is 2.86 bits per heavy atom. The number of aryl methyl sites for hydroxylation is 1. The van der Waals surface area contributed by atoms with Crippen LogP contribution >= 0.6 is 0 Å². The second kappa shape index (κ2) is 8.67. The van der Waals surface area contributed by atoms with Gasteiger partial charge in [-0.2, -0.15) is 0 Å². The van der Waals surface area contributed by atoms with Gasteiger partial charge < -0.3 is 28.8 Å². The number of hydrogen-bond donors (Lipinski definition) is 1.